The average Bonchev–Trinajstić information content (AvgIpc) is 2.72. The Morgan fingerprint density at radius 1 is 1.45 bits per heavy atom. The topological polar surface area (TPSA) is 69.9 Å². The molecule has 2 heterocycles. The van der Waals surface area contributed by atoms with Crippen molar-refractivity contribution < 1.29 is 20.1 Å². The van der Waals surface area contributed by atoms with Crippen LogP contribution in [0.4, 0.5) is 0 Å². The minimum Gasteiger partial charge on any atom is -0.394 e. The summed E-state index contributed by atoms with van der Waals surface area (Å²) in [7, 11) is 0. The molecule has 5 heteroatoms. The molecule has 2 aliphatic heterocycles. The lowest BCUT2D eigenvalue weighted by Crippen LogP contribution is -2.33. The van der Waals surface area contributed by atoms with E-state index in [9.17, 15) is 5.11 Å². The number of hydrogen-bond donors (Lipinski definition) is 3. The lowest BCUT2D eigenvalue weighted by molar-refractivity contribution is -0.127. The van der Waals surface area contributed by atoms with Crippen molar-refractivity contribution in [2.45, 2.75) is 29.0 Å². The summed E-state index contributed by atoms with van der Waals surface area (Å²) in [6.07, 6.45) is -1.99. The van der Waals surface area contributed by atoms with Gasteiger partial charge in [0.1, 0.15) is 12.2 Å². The zero-order valence-electron chi connectivity index (χ0n) is 5.75. The SMILES string of the molecule is OC[C@@H](O)[C@H]1O[C@@H](O)[C@@H]2S[C@H]12. The minimum atomic E-state index is -0.852. The third kappa shape index (κ3) is 1.17. The van der Waals surface area contributed by atoms with E-state index in [0.29, 0.717) is 0 Å². The van der Waals surface area contributed by atoms with Gasteiger partial charge in [-0.1, -0.05) is 0 Å². The van der Waals surface area contributed by atoms with Crippen molar-refractivity contribution in [2.75, 3.05) is 6.61 Å². The summed E-state index contributed by atoms with van der Waals surface area (Å²) in [5.74, 6) is 0. The highest BCUT2D eigenvalue weighted by atomic mass is 32.2. The van der Waals surface area contributed by atoms with Crippen molar-refractivity contribution in [3.63, 3.8) is 0 Å². The van der Waals surface area contributed by atoms with Crippen LogP contribution in [0.1, 0.15) is 0 Å². The Morgan fingerprint density at radius 2 is 2.18 bits per heavy atom. The zero-order valence-corrected chi connectivity index (χ0v) is 6.57. The molecule has 0 amide bonds. The maximum absolute atomic E-state index is 9.17. The monoisotopic (exact) mass is 178 g/mol. The van der Waals surface area contributed by atoms with Gasteiger partial charge in [-0.25, -0.2) is 0 Å². The van der Waals surface area contributed by atoms with Crippen LogP contribution < -0.4 is 0 Å². The first-order valence-electron chi connectivity index (χ1n) is 3.52. The number of fused-ring (bicyclic) bond motifs is 1. The second-order valence-electron chi connectivity index (χ2n) is 2.81. The van der Waals surface area contributed by atoms with Gasteiger partial charge in [0.05, 0.1) is 17.1 Å². The maximum atomic E-state index is 9.17. The number of rotatable bonds is 2. The molecule has 0 aromatic rings. The molecular weight excluding hydrogens is 168 g/mol. The van der Waals surface area contributed by atoms with E-state index < -0.39 is 12.4 Å². The van der Waals surface area contributed by atoms with Crippen molar-refractivity contribution in [1.82, 2.24) is 0 Å². The van der Waals surface area contributed by atoms with Crippen molar-refractivity contribution in [3.8, 4) is 0 Å². The summed E-state index contributed by atoms with van der Waals surface area (Å²) < 4.78 is 5.00. The molecule has 2 aliphatic rings. The number of aliphatic hydroxyl groups excluding tert-OH is 3. The molecule has 64 valence electrons. The fourth-order valence-electron chi connectivity index (χ4n) is 1.36. The second kappa shape index (κ2) is 2.60. The fraction of sp³-hybridized carbons (Fsp3) is 1.00. The van der Waals surface area contributed by atoms with E-state index in [1.807, 2.05) is 0 Å². The molecule has 2 fully saturated rings. The number of aliphatic hydroxyl groups is 3. The van der Waals surface area contributed by atoms with Crippen LogP contribution in [0.2, 0.25) is 0 Å². The highest BCUT2D eigenvalue weighted by Crippen LogP contribution is 2.53. The Hall–Kier alpha value is 0.190. The molecule has 0 aromatic heterocycles. The Bertz CT molecular complexity index is 163. The standard InChI is InChI=1S/C6H10O4S/c7-1-2(8)3-4-5(11-4)6(9)10-3/h2-9H,1H2/t2-,3-,4-,5-,6-/m1/s1. The summed E-state index contributed by atoms with van der Waals surface area (Å²) in [5, 5.41) is 27.2. The molecular formula is C6H10O4S. The zero-order chi connectivity index (χ0) is 8.01. The first-order valence-corrected chi connectivity index (χ1v) is 4.46. The van der Waals surface area contributed by atoms with E-state index >= 15 is 0 Å². The van der Waals surface area contributed by atoms with Gasteiger partial charge in [-0.15, -0.1) is 11.8 Å². The molecule has 3 N–H and O–H groups in total. The van der Waals surface area contributed by atoms with Crippen molar-refractivity contribution >= 4 is 11.8 Å². The van der Waals surface area contributed by atoms with E-state index in [1.165, 1.54) is 0 Å². The minimum absolute atomic E-state index is 0.126. The molecule has 2 saturated heterocycles. The van der Waals surface area contributed by atoms with Gasteiger partial charge in [-0.05, 0) is 0 Å². The van der Waals surface area contributed by atoms with E-state index in [-0.39, 0.29) is 23.2 Å². The van der Waals surface area contributed by atoms with Crippen LogP contribution in [0, 0.1) is 0 Å². The van der Waals surface area contributed by atoms with Crippen molar-refractivity contribution in [2.24, 2.45) is 0 Å². The van der Waals surface area contributed by atoms with Crippen molar-refractivity contribution in [3.05, 3.63) is 0 Å². The summed E-state index contributed by atoms with van der Waals surface area (Å²) in [5.41, 5.74) is 0. The molecule has 0 spiro atoms. The van der Waals surface area contributed by atoms with Crippen LogP contribution in [-0.2, 0) is 4.74 Å². The average molecular weight is 178 g/mol. The van der Waals surface area contributed by atoms with Gasteiger partial charge in [0.2, 0.25) is 0 Å². The largest absolute Gasteiger partial charge is 0.394 e. The van der Waals surface area contributed by atoms with Crippen LogP contribution in [0.3, 0.4) is 0 Å². The van der Waals surface area contributed by atoms with Crippen LogP contribution in [0.25, 0.3) is 0 Å². The van der Waals surface area contributed by atoms with Crippen LogP contribution in [0.5, 0.6) is 0 Å². The van der Waals surface area contributed by atoms with Crippen LogP contribution >= 0.6 is 11.8 Å². The number of ether oxygens (including phenoxy) is 1. The summed E-state index contributed by atoms with van der Waals surface area (Å²) in [6, 6.07) is 0. The molecule has 0 radical (unpaired) electrons. The van der Waals surface area contributed by atoms with E-state index in [0.717, 1.165) is 0 Å². The van der Waals surface area contributed by atoms with Gasteiger partial charge in [0, 0.05) is 0 Å². The van der Waals surface area contributed by atoms with Crippen LogP contribution in [0.15, 0.2) is 0 Å². The van der Waals surface area contributed by atoms with E-state index in [4.69, 9.17) is 14.9 Å². The predicted molar refractivity (Wildman–Crippen MR) is 39.1 cm³/mol. The van der Waals surface area contributed by atoms with E-state index in [2.05, 4.69) is 0 Å². The quantitative estimate of drug-likeness (QED) is 0.451. The van der Waals surface area contributed by atoms with Gasteiger partial charge in [0.25, 0.3) is 0 Å². The Kier molecular flexibility index (Phi) is 1.85. The lowest BCUT2D eigenvalue weighted by atomic mass is 10.1. The maximum Gasteiger partial charge on any atom is 0.168 e. The summed E-state index contributed by atoms with van der Waals surface area (Å²) in [6.45, 7) is -0.304. The highest BCUT2D eigenvalue weighted by molar-refractivity contribution is 8.07. The molecule has 2 rings (SSSR count). The molecule has 0 unspecified atom stereocenters. The molecule has 4 nitrogen and oxygen atoms in total. The Labute approximate surface area is 68.2 Å². The smallest absolute Gasteiger partial charge is 0.168 e. The van der Waals surface area contributed by atoms with Gasteiger partial charge in [0.15, 0.2) is 6.29 Å². The molecule has 0 aromatic carbocycles. The molecule has 5 atom stereocenters. The van der Waals surface area contributed by atoms with Gasteiger partial charge in [-0.2, -0.15) is 0 Å². The predicted octanol–water partition coefficient (Wildman–Crippen LogP) is -1.46. The first kappa shape index (κ1) is 7.82. The van der Waals surface area contributed by atoms with E-state index in [1.54, 1.807) is 11.8 Å². The summed E-state index contributed by atoms with van der Waals surface area (Å²) >= 11 is 1.59. The summed E-state index contributed by atoms with van der Waals surface area (Å²) in [4.78, 5) is 0. The fourth-order valence-corrected chi connectivity index (χ4v) is 2.52. The molecule has 11 heavy (non-hydrogen) atoms. The Balaban J connectivity index is 1.96. The highest BCUT2D eigenvalue weighted by Gasteiger charge is 2.58. The Morgan fingerprint density at radius 3 is 2.55 bits per heavy atom. The molecule has 0 saturated carbocycles. The van der Waals surface area contributed by atoms with Gasteiger partial charge in [-0.3, -0.25) is 0 Å². The van der Waals surface area contributed by atoms with Crippen molar-refractivity contribution in [1.29, 1.82) is 0 Å². The van der Waals surface area contributed by atoms with Gasteiger partial charge >= 0.3 is 0 Å². The van der Waals surface area contributed by atoms with Crippen LogP contribution in [-0.4, -0.2) is 50.9 Å². The third-order valence-corrected chi connectivity index (χ3v) is 3.43. The lowest BCUT2D eigenvalue weighted by Gasteiger charge is -2.17. The normalized spacial score (nSPS) is 50.5. The number of hydrogen-bond acceptors (Lipinski definition) is 5. The van der Waals surface area contributed by atoms with Gasteiger partial charge < -0.3 is 20.1 Å². The first-order chi connectivity index (χ1) is 5.24. The molecule has 0 aliphatic carbocycles. The third-order valence-electron chi connectivity index (χ3n) is 2.03. The second-order valence-corrected chi connectivity index (χ2v) is 4.17. The molecule has 0 bridgehead atoms. The number of thioether (sulfide) groups is 1.